The number of sulfonamides is 1. The van der Waals surface area contributed by atoms with Gasteiger partial charge in [0.05, 0.1) is 21.8 Å². The summed E-state index contributed by atoms with van der Waals surface area (Å²) < 4.78 is 54.5. The van der Waals surface area contributed by atoms with Crippen molar-refractivity contribution < 1.29 is 26.8 Å². The van der Waals surface area contributed by atoms with Crippen LogP contribution in [0.1, 0.15) is 42.5 Å². The fourth-order valence-corrected chi connectivity index (χ4v) is 5.70. The van der Waals surface area contributed by atoms with Crippen LogP contribution in [0.2, 0.25) is 0 Å². The monoisotopic (exact) mass is 527 g/mol. The SMILES string of the molecule is O=C(CN(c1ccc(F)cc1)S(=O)(=O)c1ccc(F)cc1)Nc1ccccc1C(=O)NC1CCCCC1. The molecule has 194 valence electrons. The Hall–Kier alpha value is -3.79. The van der Waals surface area contributed by atoms with Gasteiger partial charge in [-0.1, -0.05) is 31.4 Å². The number of carbonyl (C=O) groups excluding carboxylic acids is 2. The predicted octanol–water partition coefficient (Wildman–Crippen LogP) is 4.86. The fraction of sp³-hybridized carbons (Fsp3) is 0.259. The molecule has 10 heteroatoms. The number of carbonyl (C=O) groups is 2. The summed E-state index contributed by atoms with van der Waals surface area (Å²) in [6.07, 6.45) is 5.03. The number of anilines is 2. The van der Waals surface area contributed by atoms with E-state index in [0.717, 1.165) is 72.8 Å². The molecule has 0 aromatic heterocycles. The Bertz CT molecular complexity index is 1360. The van der Waals surface area contributed by atoms with Crippen molar-refractivity contribution in [2.75, 3.05) is 16.2 Å². The van der Waals surface area contributed by atoms with Crippen LogP contribution in [0.3, 0.4) is 0 Å². The number of nitrogens with one attached hydrogen (secondary N) is 2. The minimum atomic E-state index is -4.31. The molecule has 7 nitrogen and oxygen atoms in total. The Balaban J connectivity index is 1.57. The van der Waals surface area contributed by atoms with E-state index in [-0.39, 0.29) is 33.8 Å². The van der Waals surface area contributed by atoms with Crippen LogP contribution in [0.4, 0.5) is 20.2 Å². The Morgan fingerprint density at radius 3 is 2.08 bits per heavy atom. The van der Waals surface area contributed by atoms with Crippen LogP contribution >= 0.6 is 0 Å². The average Bonchev–Trinajstić information content (AvgIpc) is 2.89. The number of benzene rings is 3. The van der Waals surface area contributed by atoms with Crippen LogP contribution in [-0.4, -0.2) is 32.8 Å². The van der Waals surface area contributed by atoms with E-state index in [0.29, 0.717) is 0 Å². The molecule has 2 amide bonds. The van der Waals surface area contributed by atoms with Gasteiger partial charge in [0.25, 0.3) is 15.9 Å². The van der Waals surface area contributed by atoms with Gasteiger partial charge in [0, 0.05) is 6.04 Å². The number of hydrogen-bond acceptors (Lipinski definition) is 4. The van der Waals surface area contributed by atoms with Gasteiger partial charge in [-0.25, -0.2) is 17.2 Å². The van der Waals surface area contributed by atoms with Gasteiger partial charge in [-0.2, -0.15) is 0 Å². The first-order valence-corrected chi connectivity index (χ1v) is 13.4. The van der Waals surface area contributed by atoms with Gasteiger partial charge in [0.1, 0.15) is 18.2 Å². The maximum Gasteiger partial charge on any atom is 0.264 e. The van der Waals surface area contributed by atoms with E-state index in [4.69, 9.17) is 0 Å². The number of para-hydroxylation sites is 1. The molecule has 37 heavy (non-hydrogen) atoms. The number of rotatable bonds is 8. The van der Waals surface area contributed by atoms with Crippen LogP contribution in [0.15, 0.2) is 77.7 Å². The minimum Gasteiger partial charge on any atom is -0.349 e. The predicted molar refractivity (Wildman–Crippen MR) is 137 cm³/mol. The highest BCUT2D eigenvalue weighted by molar-refractivity contribution is 7.92. The zero-order chi connectivity index (χ0) is 26.4. The molecule has 0 unspecified atom stereocenters. The normalized spacial score (nSPS) is 14.1. The lowest BCUT2D eigenvalue weighted by Crippen LogP contribution is -2.39. The molecule has 1 fully saturated rings. The average molecular weight is 528 g/mol. The number of halogens is 2. The number of nitrogens with zero attached hydrogens (tertiary/aromatic N) is 1. The van der Waals surface area contributed by atoms with Gasteiger partial charge < -0.3 is 10.6 Å². The molecule has 1 aliphatic rings. The Morgan fingerprint density at radius 2 is 1.43 bits per heavy atom. The van der Waals surface area contributed by atoms with Crippen molar-refractivity contribution in [2.24, 2.45) is 0 Å². The molecule has 4 rings (SSSR count). The van der Waals surface area contributed by atoms with E-state index >= 15 is 0 Å². The first kappa shape index (κ1) is 26.3. The van der Waals surface area contributed by atoms with Crippen molar-refractivity contribution in [3.8, 4) is 0 Å². The highest BCUT2D eigenvalue weighted by Crippen LogP contribution is 2.25. The van der Waals surface area contributed by atoms with E-state index in [2.05, 4.69) is 10.6 Å². The first-order valence-electron chi connectivity index (χ1n) is 12.0. The fourth-order valence-electron chi connectivity index (χ4n) is 4.28. The molecule has 2 N–H and O–H groups in total. The van der Waals surface area contributed by atoms with Gasteiger partial charge in [0.2, 0.25) is 5.91 Å². The summed E-state index contributed by atoms with van der Waals surface area (Å²) in [6.45, 7) is -0.663. The highest BCUT2D eigenvalue weighted by atomic mass is 32.2. The van der Waals surface area contributed by atoms with Gasteiger partial charge >= 0.3 is 0 Å². The summed E-state index contributed by atoms with van der Waals surface area (Å²) in [7, 11) is -4.31. The lowest BCUT2D eigenvalue weighted by Gasteiger charge is -2.25. The molecule has 0 radical (unpaired) electrons. The van der Waals surface area contributed by atoms with E-state index in [1.807, 2.05) is 0 Å². The molecule has 1 saturated carbocycles. The number of hydrogen-bond donors (Lipinski definition) is 2. The van der Waals surface area contributed by atoms with Crippen molar-refractivity contribution in [3.63, 3.8) is 0 Å². The van der Waals surface area contributed by atoms with Crippen molar-refractivity contribution in [3.05, 3.63) is 90.0 Å². The van der Waals surface area contributed by atoms with Crippen molar-refractivity contribution in [1.29, 1.82) is 0 Å². The van der Waals surface area contributed by atoms with Crippen LogP contribution in [0.5, 0.6) is 0 Å². The molecule has 3 aromatic carbocycles. The molecule has 0 aliphatic heterocycles. The van der Waals surface area contributed by atoms with E-state index in [1.165, 1.54) is 12.1 Å². The molecular formula is C27H27F2N3O4S. The Labute approximate surface area is 214 Å². The van der Waals surface area contributed by atoms with Crippen molar-refractivity contribution in [1.82, 2.24) is 5.32 Å². The zero-order valence-corrected chi connectivity index (χ0v) is 20.8. The third-order valence-electron chi connectivity index (χ3n) is 6.19. The smallest absolute Gasteiger partial charge is 0.264 e. The largest absolute Gasteiger partial charge is 0.349 e. The summed E-state index contributed by atoms with van der Waals surface area (Å²) in [5.41, 5.74) is 0.541. The molecule has 0 bridgehead atoms. The number of amides is 2. The van der Waals surface area contributed by atoms with Crippen molar-refractivity contribution >= 4 is 33.2 Å². The summed E-state index contributed by atoms with van der Waals surface area (Å²) >= 11 is 0. The summed E-state index contributed by atoms with van der Waals surface area (Å²) in [5.74, 6) is -2.23. The second kappa shape index (κ2) is 11.5. The first-order chi connectivity index (χ1) is 17.7. The topological polar surface area (TPSA) is 95.6 Å². The van der Waals surface area contributed by atoms with Crippen LogP contribution in [0, 0.1) is 11.6 Å². The van der Waals surface area contributed by atoms with Gasteiger partial charge in [0.15, 0.2) is 0 Å². The quantitative estimate of drug-likeness (QED) is 0.437. The van der Waals surface area contributed by atoms with Crippen LogP contribution in [0.25, 0.3) is 0 Å². The maximum absolute atomic E-state index is 13.5. The van der Waals surface area contributed by atoms with Gasteiger partial charge in [-0.3, -0.25) is 13.9 Å². The lowest BCUT2D eigenvalue weighted by molar-refractivity contribution is -0.114. The zero-order valence-electron chi connectivity index (χ0n) is 20.0. The van der Waals surface area contributed by atoms with E-state index in [9.17, 15) is 26.8 Å². The third-order valence-corrected chi connectivity index (χ3v) is 7.98. The standard InChI is InChI=1S/C27H27F2N3O4S/c28-19-10-14-22(15-11-19)32(37(35,36)23-16-12-20(29)13-17-23)18-26(33)31-25-9-5-4-8-24(25)27(34)30-21-6-2-1-3-7-21/h4-5,8-17,21H,1-3,6-7,18H2,(H,30,34)(H,31,33). The van der Waals surface area contributed by atoms with Crippen molar-refractivity contribution in [2.45, 2.75) is 43.0 Å². The Kier molecular flexibility index (Phi) is 8.17. The summed E-state index contributed by atoms with van der Waals surface area (Å²) in [4.78, 5) is 25.8. The second-order valence-corrected chi connectivity index (χ2v) is 10.7. The third kappa shape index (κ3) is 6.51. The lowest BCUT2D eigenvalue weighted by atomic mass is 9.95. The van der Waals surface area contributed by atoms with Crippen LogP contribution < -0.4 is 14.9 Å². The minimum absolute atomic E-state index is 0.0456. The van der Waals surface area contributed by atoms with E-state index < -0.39 is 34.1 Å². The van der Waals surface area contributed by atoms with E-state index in [1.54, 1.807) is 24.3 Å². The summed E-state index contributed by atoms with van der Waals surface area (Å²) in [6, 6.07) is 15.3. The molecule has 0 spiro atoms. The van der Waals surface area contributed by atoms with Gasteiger partial charge in [-0.15, -0.1) is 0 Å². The maximum atomic E-state index is 13.5. The van der Waals surface area contributed by atoms with Crippen LogP contribution in [-0.2, 0) is 14.8 Å². The Morgan fingerprint density at radius 1 is 0.838 bits per heavy atom. The second-order valence-electron chi connectivity index (χ2n) is 8.84. The molecule has 1 aliphatic carbocycles. The molecule has 0 atom stereocenters. The van der Waals surface area contributed by atoms with Gasteiger partial charge in [-0.05, 0) is 73.5 Å². The molecular weight excluding hydrogens is 500 g/mol. The molecule has 0 saturated heterocycles. The molecule has 3 aromatic rings. The highest BCUT2D eigenvalue weighted by Gasteiger charge is 2.28. The molecule has 0 heterocycles. The summed E-state index contributed by atoms with van der Waals surface area (Å²) in [5, 5.41) is 5.64.